The van der Waals surface area contributed by atoms with Gasteiger partial charge in [0.2, 0.25) is 5.13 Å². The Hall–Kier alpha value is -2.07. The summed E-state index contributed by atoms with van der Waals surface area (Å²) in [5.74, 6) is -0.327. The van der Waals surface area contributed by atoms with Gasteiger partial charge in [0, 0.05) is 12.4 Å². The van der Waals surface area contributed by atoms with Crippen molar-refractivity contribution in [2.24, 2.45) is 0 Å². The van der Waals surface area contributed by atoms with Crippen LogP contribution in [0.3, 0.4) is 0 Å². The zero-order valence-corrected chi connectivity index (χ0v) is 12.6. The molecule has 8 nitrogen and oxygen atoms in total. The van der Waals surface area contributed by atoms with E-state index in [2.05, 4.69) is 25.5 Å². The Labute approximate surface area is 128 Å². The van der Waals surface area contributed by atoms with E-state index in [9.17, 15) is 9.59 Å². The van der Waals surface area contributed by atoms with Crippen LogP contribution in [0.15, 0.2) is 22.9 Å². The standard InChI is InChI=1S/C11H11N5O3S2/c1-2-20-11-16-15-10(21-11)14-8(17)6-19-9(18)7-5-12-3-4-13-7/h3-5H,2,6H2,1H3,(H,14,15,17). The zero-order valence-electron chi connectivity index (χ0n) is 11.0. The lowest BCUT2D eigenvalue weighted by atomic mass is 10.4. The molecule has 0 fully saturated rings. The van der Waals surface area contributed by atoms with Crippen molar-refractivity contribution in [3.63, 3.8) is 0 Å². The average molecular weight is 325 g/mol. The van der Waals surface area contributed by atoms with Crippen molar-refractivity contribution < 1.29 is 14.3 Å². The summed E-state index contributed by atoms with van der Waals surface area (Å²) in [6.45, 7) is 1.57. The predicted octanol–water partition coefficient (Wildman–Crippen LogP) is 1.24. The highest BCUT2D eigenvalue weighted by atomic mass is 32.2. The topological polar surface area (TPSA) is 107 Å². The summed E-state index contributed by atoms with van der Waals surface area (Å²) in [6, 6.07) is 0. The van der Waals surface area contributed by atoms with Crippen molar-refractivity contribution in [3.8, 4) is 0 Å². The summed E-state index contributed by atoms with van der Waals surface area (Å²) < 4.78 is 5.58. The number of carbonyl (C=O) groups excluding carboxylic acids is 2. The molecule has 0 radical (unpaired) electrons. The number of carbonyl (C=O) groups is 2. The third-order valence-electron chi connectivity index (χ3n) is 2.03. The maximum absolute atomic E-state index is 11.6. The fourth-order valence-corrected chi connectivity index (χ4v) is 2.87. The van der Waals surface area contributed by atoms with Gasteiger partial charge in [0.25, 0.3) is 5.91 Å². The smallest absolute Gasteiger partial charge is 0.359 e. The SMILES string of the molecule is CCSc1nnc(NC(=O)COC(=O)c2cnccn2)s1. The summed E-state index contributed by atoms with van der Waals surface area (Å²) in [6.07, 6.45) is 4.06. The van der Waals surface area contributed by atoms with Crippen molar-refractivity contribution >= 4 is 40.1 Å². The van der Waals surface area contributed by atoms with Crippen LogP contribution in [-0.2, 0) is 9.53 Å². The molecule has 0 aliphatic rings. The first-order valence-electron chi connectivity index (χ1n) is 5.88. The Morgan fingerprint density at radius 1 is 1.38 bits per heavy atom. The van der Waals surface area contributed by atoms with E-state index in [1.165, 1.54) is 41.7 Å². The molecule has 2 rings (SSSR count). The molecule has 2 aromatic rings. The second-order valence-electron chi connectivity index (χ2n) is 3.52. The zero-order chi connectivity index (χ0) is 15.1. The highest BCUT2D eigenvalue weighted by molar-refractivity contribution is 8.01. The first-order chi connectivity index (χ1) is 10.2. The number of anilines is 1. The van der Waals surface area contributed by atoms with Gasteiger partial charge in [0.15, 0.2) is 16.6 Å². The molecule has 110 valence electrons. The van der Waals surface area contributed by atoms with E-state index in [0.717, 1.165) is 10.1 Å². The second kappa shape index (κ2) is 7.64. The fourth-order valence-electron chi connectivity index (χ4n) is 1.21. The third kappa shape index (κ3) is 4.76. The molecule has 0 saturated carbocycles. The van der Waals surface area contributed by atoms with Gasteiger partial charge in [0.1, 0.15) is 0 Å². The van der Waals surface area contributed by atoms with Crippen molar-refractivity contribution in [2.45, 2.75) is 11.3 Å². The van der Waals surface area contributed by atoms with Crippen molar-refractivity contribution in [2.75, 3.05) is 17.7 Å². The largest absolute Gasteiger partial charge is 0.451 e. The Morgan fingerprint density at radius 3 is 2.95 bits per heavy atom. The number of esters is 1. The van der Waals surface area contributed by atoms with Gasteiger partial charge < -0.3 is 4.74 Å². The quantitative estimate of drug-likeness (QED) is 0.480. The number of aromatic nitrogens is 4. The predicted molar refractivity (Wildman–Crippen MR) is 77.3 cm³/mol. The summed E-state index contributed by atoms with van der Waals surface area (Å²) in [5.41, 5.74) is 0.0443. The first kappa shape index (κ1) is 15.3. The van der Waals surface area contributed by atoms with Gasteiger partial charge in [-0.1, -0.05) is 30.0 Å². The summed E-state index contributed by atoms with van der Waals surface area (Å²) in [5, 5.41) is 10.6. The van der Waals surface area contributed by atoms with Crippen LogP contribution >= 0.6 is 23.1 Å². The van der Waals surface area contributed by atoms with Crippen LogP contribution in [-0.4, -0.2) is 44.4 Å². The number of hydrogen-bond donors (Lipinski definition) is 1. The minimum atomic E-state index is -0.710. The monoisotopic (exact) mass is 325 g/mol. The molecule has 1 N–H and O–H groups in total. The summed E-state index contributed by atoms with van der Waals surface area (Å²) >= 11 is 2.79. The van der Waals surface area contributed by atoms with Crippen LogP contribution in [0.5, 0.6) is 0 Å². The molecule has 0 aliphatic carbocycles. The molecule has 0 aromatic carbocycles. The molecule has 2 aromatic heterocycles. The van der Waals surface area contributed by atoms with Crippen LogP contribution < -0.4 is 5.32 Å². The van der Waals surface area contributed by atoms with Crippen molar-refractivity contribution in [3.05, 3.63) is 24.3 Å². The Bertz CT molecular complexity index is 619. The van der Waals surface area contributed by atoms with Gasteiger partial charge >= 0.3 is 5.97 Å². The minimum absolute atomic E-state index is 0.0443. The summed E-state index contributed by atoms with van der Waals surface area (Å²) in [4.78, 5) is 30.7. The summed E-state index contributed by atoms with van der Waals surface area (Å²) in [7, 11) is 0. The molecule has 0 aliphatic heterocycles. The van der Waals surface area contributed by atoms with Gasteiger partial charge in [-0.15, -0.1) is 10.2 Å². The van der Waals surface area contributed by atoms with Crippen LogP contribution in [0.4, 0.5) is 5.13 Å². The van der Waals surface area contributed by atoms with Gasteiger partial charge in [-0.2, -0.15) is 0 Å². The van der Waals surface area contributed by atoms with Crippen LogP contribution in [0.1, 0.15) is 17.4 Å². The van der Waals surface area contributed by atoms with Gasteiger partial charge in [0.05, 0.1) is 6.20 Å². The molecule has 0 atom stereocenters. The van der Waals surface area contributed by atoms with E-state index in [4.69, 9.17) is 4.74 Å². The van der Waals surface area contributed by atoms with Crippen LogP contribution in [0, 0.1) is 0 Å². The Kier molecular flexibility index (Phi) is 5.58. The molecule has 10 heteroatoms. The number of nitrogens with zero attached hydrogens (tertiary/aromatic N) is 4. The molecule has 1 amide bonds. The molecule has 0 saturated heterocycles. The molecule has 2 heterocycles. The van der Waals surface area contributed by atoms with Gasteiger partial charge in [-0.25, -0.2) is 9.78 Å². The molecule has 21 heavy (non-hydrogen) atoms. The number of rotatable bonds is 6. The molecular weight excluding hydrogens is 314 g/mol. The lowest BCUT2D eigenvalue weighted by Gasteiger charge is -2.03. The Morgan fingerprint density at radius 2 is 2.24 bits per heavy atom. The van der Waals surface area contributed by atoms with Crippen LogP contribution in [0.2, 0.25) is 0 Å². The number of ether oxygens (including phenoxy) is 1. The number of hydrogen-bond acceptors (Lipinski definition) is 9. The number of amides is 1. The Balaban J connectivity index is 1.80. The molecule has 0 unspecified atom stereocenters. The van der Waals surface area contributed by atoms with E-state index in [1.807, 2.05) is 6.92 Å². The van der Waals surface area contributed by atoms with E-state index < -0.39 is 18.5 Å². The maximum Gasteiger partial charge on any atom is 0.359 e. The van der Waals surface area contributed by atoms with E-state index in [1.54, 1.807) is 0 Å². The lowest BCUT2D eigenvalue weighted by Crippen LogP contribution is -2.21. The van der Waals surface area contributed by atoms with E-state index in [0.29, 0.717) is 5.13 Å². The van der Waals surface area contributed by atoms with Gasteiger partial charge in [-0.05, 0) is 5.75 Å². The van der Waals surface area contributed by atoms with Crippen molar-refractivity contribution in [1.82, 2.24) is 20.2 Å². The van der Waals surface area contributed by atoms with E-state index in [-0.39, 0.29) is 5.69 Å². The normalized spacial score (nSPS) is 10.1. The lowest BCUT2D eigenvalue weighted by molar-refractivity contribution is -0.119. The van der Waals surface area contributed by atoms with Crippen LogP contribution in [0.25, 0.3) is 0 Å². The number of thioether (sulfide) groups is 1. The highest BCUT2D eigenvalue weighted by Gasteiger charge is 2.13. The average Bonchev–Trinajstić information content (AvgIpc) is 2.93. The molecular formula is C11H11N5O3S2. The minimum Gasteiger partial charge on any atom is -0.451 e. The first-order valence-corrected chi connectivity index (χ1v) is 7.68. The fraction of sp³-hybridized carbons (Fsp3) is 0.273. The highest BCUT2D eigenvalue weighted by Crippen LogP contribution is 2.24. The van der Waals surface area contributed by atoms with E-state index >= 15 is 0 Å². The van der Waals surface area contributed by atoms with Crippen molar-refractivity contribution in [1.29, 1.82) is 0 Å². The second-order valence-corrected chi connectivity index (χ2v) is 6.01. The molecule has 0 spiro atoms. The molecule has 0 bridgehead atoms. The van der Waals surface area contributed by atoms with Gasteiger partial charge in [-0.3, -0.25) is 15.1 Å². The third-order valence-corrected chi connectivity index (χ3v) is 3.88. The maximum atomic E-state index is 11.6. The number of nitrogens with one attached hydrogen (secondary N) is 1.